The SMILES string of the molecule is N=C(N)NCCCNCc1ccc(-n2cc3cc(CCN(C(=O)c4ccccc4)C4CCNCC4)[nH]c3nc2=O)cc1. The number of amides is 1. The predicted molar refractivity (Wildman–Crippen MR) is 165 cm³/mol. The van der Waals surface area contributed by atoms with E-state index in [1.54, 1.807) is 4.57 Å². The Morgan fingerprint density at radius 1 is 1.10 bits per heavy atom. The standard InChI is InChI=1S/C31H39N9O2/c32-30(33)36-15-4-14-35-20-22-7-9-26(10-8-22)40-21-24-19-25(37-28(24)38-31(40)42)13-18-39(27-11-16-34-17-12-27)29(41)23-5-2-1-3-6-23/h1-3,5-10,19,21,27,34-35H,4,11-18,20H2,(H4,32,33,36)(H,37,38,42). The van der Waals surface area contributed by atoms with Gasteiger partial charge in [0.05, 0.1) is 5.69 Å². The lowest BCUT2D eigenvalue weighted by Gasteiger charge is -2.35. The van der Waals surface area contributed by atoms with E-state index in [-0.39, 0.29) is 23.6 Å². The number of benzene rings is 2. The number of fused-ring (bicyclic) bond motifs is 1. The summed E-state index contributed by atoms with van der Waals surface area (Å²) in [5, 5.41) is 17.6. The van der Waals surface area contributed by atoms with Crippen molar-refractivity contribution in [2.45, 2.75) is 38.3 Å². The first-order valence-corrected chi connectivity index (χ1v) is 14.5. The molecule has 1 aliphatic rings. The van der Waals surface area contributed by atoms with Gasteiger partial charge in [-0.05, 0) is 74.8 Å². The zero-order chi connectivity index (χ0) is 29.3. The number of aromatic amines is 1. The molecular formula is C31H39N9O2. The number of aromatic nitrogens is 3. The van der Waals surface area contributed by atoms with Crippen LogP contribution in [0.5, 0.6) is 0 Å². The summed E-state index contributed by atoms with van der Waals surface area (Å²) in [6, 6.07) is 19.5. The fourth-order valence-corrected chi connectivity index (χ4v) is 5.37. The minimum Gasteiger partial charge on any atom is -0.370 e. The van der Waals surface area contributed by atoms with E-state index >= 15 is 0 Å². The summed E-state index contributed by atoms with van der Waals surface area (Å²) >= 11 is 0. The van der Waals surface area contributed by atoms with Gasteiger partial charge >= 0.3 is 5.69 Å². The van der Waals surface area contributed by atoms with Gasteiger partial charge in [-0.25, -0.2) is 4.79 Å². The molecule has 0 aliphatic carbocycles. The van der Waals surface area contributed by atoms with Crippen molar-refractivity contribution in [1.29, 1.82) is 5.41 Å². The van der Waals surface area contributed by atoms with Gasteiger partial charge in [0.15, 0.2) is 5.96 Å². The third-order valence-electron chi connectivity index (χ3n) is 7.61. The van der Waals surface area contributed by atoms with Crippen molar-refractivity contribution >= 4 is 22.9 Å². The number of hydrogen-bond acceptors (Lipinski definition) is 6. The Bertz CT molecular complexity index is 1540. The van der Waals surface area contributed by atoms with Crippen LogP contribution in [0.25, 0.3) is 16.7 Å². The Kier molecular flexibility index (Phi) is 9.62. The molecule has 2 aromatic carbocycles. The van der Waals surface area contributed by atoms with Crippen molar-refractivity contribution in [2.75, 3.05) is 32.7 Å². The summed E-state index contributed by atoms with van der Waals surface area (Å²) < 4.78 is 1.56. The fourth-order valence-electron chi connectivity index (χ4n) is 5.37. The molecule has 1 saturated heterocycles. The van der Waals surface area contributed by atoms with Gasteiger partial charge in [0, 0.05) is 54.9 Å². The zero-order valence-corrected chi connectivity index (χ0v) is 23.7. The highest BCUT2D eigenvalue weighted by Gasteiger charge is 2.26. The number of rotatable bonds is 12. The maximum absolute atomic E-state index is 13.5. The van der Waals surface area contributed by atoms with Crippen LogP contribution >= 0.6 is 0 Å². The van der Waals surface area contributed by atoms with Gasteiger partial charge in [-0.2, -0.15) is 4.98 Å². The van der Waals surface area contributed by atoms with Crippen molar-refractivity contribution in [2.24, 2.45) is 5.73 Å². The van der Waals surface area contributed by atoms with Gasteiger partial charge in [0.1, 0.15) is 5.65 Å². The molecule has 0 radical (unpaired) electrons. The van der Waals surface area contributed by atoms with E-state index in [2.05, 4.69) is 25.9 Å². The molecule has 2 aromatic heterocycles. The van der Waals surface area contributed by atoms with E-state index < -0.39 is 0 Å². The average molecular weight is 570 g/mol. The molecule has 5 rings (SSSR count). The largest absolute Gasteiger partial charge is 0.370 e. The molecule has 0 spiro atoms. The number of guanidine groups is 1. The second-order valence-electron chi connectivity index (χ2n) is 10.6. The summed E-state index contributed by atoms with van der Waals surface area (Å²) in [5.41, 5.74) is 8.98. The molecule has 4 aromatic rings. The molecule has 0 saturated carbocycles. The van der Waals surface area contributed by atoms with E-state index in [1.807, 2.05) is 71.8 Å². The van der Waals surface area contributed by atoms with Crippen LogP contribution in [0.1, 0.15) is 40.9 Å². The summed E-state index contributed by atoms with van der Waals surface area (Å²) in [5.74, 6) is 0.0408. The quantitative estimate of drug-likeness (QED) is 0.0867. The monoisotopic (exact) mass is 569 g/mol. The number of nitrogens with one attached hydrogen (secondary N) is 5. The van der Waals surface area contributed by atoms with Gasteiger partial charge in [-0.15, -0.1) is 0 Å². The molecule has 0 atom stereocenters. The Labute approximate surface area is 245 Å². The normalized spacial score (nSPS) is 13.7. The summed E-state index contributed by atoms with van der Waals surface area (Å²) in [4.78, 5) is 36.0. The lowest BCUT2D eigenvalue weighted by molar-refractivity contribution is 0.0645. The fraction of sp³-hybridized carbons (Fsp3) is 0.355. The van der Waals surface area contributed by atoms with Gasteiger partial charge in [-0.3, -0.25) is 14.8 Å². The highest BCUT2D eigenvalue weighted by Crippen LogP contribution is 2.19. The molecule has 7 N–H and O–H groups in total. The first kappa shape index (κ1) is 29.0. The smallest absolute Gasteiger partial charge is 0.354 e. The number of nitrogens with zero attached hydrogens (tertiary/aromatic N) is 3. The lowest BCUT2D eigenvalue weighted by atomic mass is 10.0. The van der Waals surface area contributed by atoms with E-state index in [4.69, 9.17) is 11.1 Å². The molecule has 42 heavy (non-hydrogen) atoms. The Morgan fingerprint density at radius 3 is 2.60 bits per heavy atom. The van der Waals surface area contributed by atoms with Crippen molar-refractivity contribution < 1.29 is 4.79 Å². The van der Waals surface area contributed by atoms with Crippen LogP contribution in [0.2, 0.25) is 0 Å². The van der Waals surface area contributed by atoms with Gasteiger partial charge in [0.25, 0.3) is 5.91 Å². The van der Waals surface area contributed by atoms with Crippen molar-refractivity contribution in [3.63, 3.8) is 0 Å². The highest BCUT2D eigenvalue weighted by molar-refractivity contribution is 5.94. The van der Waals surface area contributed by atoms with Crippen molar-refractivity contribution in [3.8, 4) is 5.69 Å². The number of carbonyl (C=O) groups is 1. The molecule has 11 nitrogen and oxygen atoms in total. The van der Waals surface area contributed by atoms with Gasteiger partial charge < -0.3 is 31.6 Å². The number of nitrogens with two attached hydrogens (primary N) is 1. The van der Waals surface area contributed by atoms with Crippen LogP contribution in [-0.4, -0.2) is 70.1 Å². The minimum atomic E-state index is -0.352. The molecule has 0 bridgehead atoms. The Balaban J connectivity index is 1.24. The van der Waals surface area contributed by atoms with Crippen LogP contribution < -0.4 is 27.4 Å². The van der Waals surface area contributed by atoms with E-state index in [0.717, 1.165) is 61.2 Å². The van der Waals surface area contributed by atoms with E-state index in [0.29, 0.717) is 37.3 Å². The van der Waals surface area contributed by atoms with Crippen LogP contribution in [0.15, 0.2) is 71.7 Å². The average Bonchev–Trinajstić information content (AvgIpc) is 3.41. The Hall–Kier alpha value is -4.48. The van der Waals surface area contributed by atoms with Crippen LogP contribution in [-0.2, 0) is 13.0 Å². The second kappa shape index (κ2) is 13.9. The van der Waals surface area contributed by atoms with Crippen LogP contribution in [0.3, 0.4) is 0 Å². The molecule has 3 heterocycles. The molecule has 1 fully saturated rings. The van der Waals surface area contributed by atoms with Crippen LogP contribution in [0.4, 0.5) is 0 Å². The van der Waals surface area contributed by atoms with Crippen LogP contribution in [0, 0.1) is 5.41 Å². The maximum atomic E-state index is 13.5. The first-order valence-electron chi connectivity index (χ1n) is 14.5. The van der Waals surface area contributed by atoms with Crippen molar-refractivity contribution in [3.05, 3.63) is 94.2 Å². The summed E-state index contributed by atoms with van der Waals surface area (Å²) in [7, 11) is 0. The number of hydrogen-bond donors (Lipinski definition) is 6. The minimum absolute atomic E-state index is 0.0149. The molecular weight excluding hydrogens is 530 g/mol. The van der Waals surface area contributed by atoms with E-state index in [9.17, 15) is 9.59 Å². The molecule has 11 heteroatoms. The third-order valence-corrected chi connectivity index (χ3v) is 7.61. The molecule has 0 unspecified atom stereocenters. The van der Waals surface area contributed by atoms with E-state index in [1.165, 1.54) is 0 Å². The number of carbonyl (C=O) groups excluding carboxylic acids is 1. The summed E-state index contributed by atoms with van der Waals surface area (Å²) in [6.07, 6.45) is 5.18. The molecule has 1 aliphatic heterocycles. The van der Waals surface area contributed by atoms with Gasteiger partial charge in [0.2, 0.25) is 0 Å². The maximum Gasteiger partial charge on any atom is 0.354 e. The topological polar surface area (TPSA) is 157 Å². The summed E-state index contributed by atoms with van der Waals surface area (Å²) in [6.45, 7) is 4.55. The predicted octanol–water partition coefficient (Wildman–Crippen LogP) is 2.11. The second-order valence-corrected chi connectivity index (χ2v) is 10.6. The number of piperidine rings is 1. The lowest BCUT2D eigenvalue weighted by Crippen LogP contribution is -2.47. The zero-order valence-electron chi connectivity index (χ0n) is 23.7. The Morgan fingerprint density at radius 2 is 1.86 bits per heavy atom. The number of H-pyrrole nitrogens is 1. The third kappa shape index (κ3) is 7.42. The molecule has 220 valence electrons. The van der Waals surface area contributed by atoms with Crippen molar-refractivity contribution in [1.82, 2.24) is 35.4 Å². The molecule has 1 amide bonds. The van der Waals surface area contributed by atoms with Gasteiger partial charge in [-0.1, -0.05) is 30.3 Å². The first-order chi connectivity index (χ1) is 20.5. The highest BCUT2D eigenvalue weighted by atomic mass is 16.2.